The van der Waals surface area contributed by atoms with Crippen LogP contribution in [0.5, 0.6) is 0 Å². The van der Waals surface area contributed by atoms with E-state index in [1.165, 1.54) is 31.2 Å². The normalized spacial score (nSPS) is 13.0. The molecule has 0 aliphatic rings. The second-order valence-electron chi connectivity index (χ2n) is 4.12. The first-order valence-electron chi connectivity index (χ1n) is 5.90. The van der Waals surface area contributed by atoms with Crippen molar-refractivity contribution in [1.29, 1.82) is 0 Å². The Labute approximate surface area is 112 Å². The van der Waals surface area contributed by atoms with Gasteiger partial charge in [0, 0.05) is 19.2 Å². The number of aliphatic hydroxyl groups is 1. The number of sulfonamides is 1. The SMILES string of the molecule is CCC(O)CNS(=O)(=O)c1ccc(NC(C)=O)cc1. The van der Waals surface area contributed by atoms with Gasteiger partial charge >= 0.3 is 0 Å². The van der Waals surface area contributed by atoms with Gasteiger partial charge in [0.05, 0.1) is 11.0 Å². The number of rotatable bonds is 6. The summed E-state index contributed by atoms with van der Waals surface area (Å²) < 4.78 is 26.1. The lowest BCUT2D eigenvalue weighted by molar-refractivity contribution is -0.114. The van der Waals surface area contributed by atoms with Crippen LogP contribution in [0.1, 0.15) is 20.3 Å². The Bertz CT molecular complexity index is 525. The maximum absolute atomic E-state index is 11.9. The predicted molar refractivity (Wildman–Crippen MR) is 72.2 cm³/mol. The Balaban J connectivity index is 2.76. The summed E-state index contributed by atoms with van der Waals surface area (Å²) in [5.74, 6) is -0.222. The highest BCUT2D eigenvalue weighted by Crippen LogP contribution is 2.13. The molecule has 0 radical (unpaired) electrons. The third-order valence-electron chi connectivity index (χ3n) is 2.47. The lowest BCUT2D eigenvalue weighted by Crippen LogP contribution is -2.31. The van der Waals surface area contributed by atoms with Crippen molar-refractivity contribution >= 4 is 21.6 Å². The van der Waals surface area contributed by atoms with E-state index in [1.54, 1.807) is 6.92 Å². The number of carbonyl (C=O) groups excluding carboxylic acids is 1. The van der Waals surface area contributed by atoms with E-state index >= 15 is 0 Å². The fourth-order valence-corrected chi connectivity index (χ4v) is 2.43. The molecule has 1 unspecified atom stereocenters. The molecule has 1 rings (SSSR count). The van der Waals surface area contributed by atoms with E-state index in [2.05, 4.69) is 10.0 Å². The first-order valence-corrected chi connectivity index (χ1v) is 7.39. The van der Waals surface area contributed by atoms with Gasteiger partial charge in [-0.1, -0.05) is 6.92 Å². The second kappa shape index (κ2) is 6.65. The Kier molecular flexibility index (Phi) is 5.46. The van der Waals surface area contributed by atoms with Gasteiger partial charge in [-0.2, -0.15) is 0 Å². The average Bonchev–Trinajstić information content (AvgIpc) is 2.36. The molecule has 1 aromatic carbocycles. The molecular formula is C12H18N2O4S. The molecule has 0 aromatic heterocycles. The summed E-state index contributed by atoms with van der Waals surface area (Å²) in [6.45, 7) is 3.12. The van der Waals surface area contributed by atoms with Crippen molar-refractivity contribution in [2.45, 2.75) is 31.3 Å². The lowest BCUT2D eigenvalue weighted by Gasteiger charge is -2.10. The van der Waals surface area contributed by atoms with Crippen LogP contribution in [0.2, 0.25) is 0 Å². The number of anilines is 1. The number of benzene rings is 1. The van der Waals surface area contributed by atoms with Crippen LogP contribution in [0.25, 0.3) is 0 Å². The molecule has 0 heterocycles. The number of hydrogen-bond acceptors (Lipinski definition) is 4. The number of nitrogens with one attached hydrogen (secondary N) is 2. The molecular weight excluding hydrogens is 268 g/mol. The van der Waals surface area contributed by atoms with Gasteiger partial charge in [-0.15, -0.1) is 0 Å². The molecule has 19 heavy (non-hydrogen) atoms. The molecule has 3 N–H and O–H groups in total. The largest absolute Gasteiger partial charge is 0.392 e. The average molecular weight is 286 g/mol. The number of carbonyl (C=O) groups is 1. The van der Waals surface area contributed by atoms with E-state index < -0.39 is 16.1 Å². The van der Waals surface area contributed by atoms with Gasteiger partial charge in [-0.25, -0.2) is 13.1 Å². The van der Waals surface area contributed by atoms with Gasteiger partial charge in [0.25, 0.3) is 0 Å². The van der Waals surface area contributed by atoms with Crippen molar-refractivity contribution in [3.05, 3.63) is 24.3 Å². The van der Waals surface area contributed by atoms with Gasteiger partial charge in [0.1, 0.15) is 0 Å². The Hall–Kier alpha value is -1.44. The molecule has 0 saturated heterocycles. The van der Waals surface area contributed by atoms with Crippen LogP contribution in [0.15, 0.2) is 29.2 Å². The highest BCUT2D eigenvalue weighted by molar-refractivity contribution is 7.89. The van der Waals surface area contributed by atoms with Crippen molar-refractivity contribution in [2.75, 3.05) is 11.9 Å². The van der Waals surface area contributed by atoms with E-state index in [0.717, 1.165) is 0 Å². The van der Waals surface area contributed by atoms with Gasteiger partial charge in [-0.3, -0.25) is 4.79 Å². The van der Waals surface area contributed by atoms with Gasteiger partial charge in [-0.05, 0) is 30.7 Å². The maximum Gasteiger partial charge on any atom is 0.240 e. The van der Waals surface area contributed by atoms with Crippen LogP contribution < -0.4 is 10.0 Å². The van der Waals surface area contributed by atoms with Crippen LogP contribution in [-0.2, 0) is 14.8 Å². The molecule has 0 bridgehead atoms. The van der Waals surface area contributed by atoms with Crippen molar-refractivity contribution < 1.29 is 18.3 Å². The Morgan fingerprint density at radius 3 is 2.37 bits per heavy atom. The van der Waals surface area contributed by atoms with Gasteiger partial charge in [0.2, 0.25) is 15.9 Å². The number of amides is 1. The van der Waals surface area contributed by atoms with Gasteiger partial charge < -0.3 is 10.4 Å². The van der Waals surface area contributed by atoms with Gasteiger partial charge in [0.15, 0.2) is 0 Å². The molecule has 0 aliphatic heterocycles. The summed E-state index contributed by atoms with van der Waals surface area (Å²) in [6, 6.07) is 5.80. The minimum atomic E-state index is -3.63. The lowest BCUT2D eigenvalue weighted by atomic mass is 10.3. The van der Waals surface area contributed by atoms with E-state index in [1.807, 2.05) is 0 Å². The van der Waals surface area contributed by atoms with E-state index in [9.17, 15) is 18.3 Å². The summed E-state index contributed by atoms with van der Waals surface area (Å²) in [6.07, 6.45) is -0.224. The molecule has 0 spiro atoms. The molecule has 0 saturated carbocycles. The van der Waals surface area contributed by atoms with Crippen molar-refractivity contribution in [2.24, 2.45) is 0 Å². The van der Waals surface area contributed by atoms with Crippen LogP contribution >= 0.6 is 0 Å². The second-order valence-corrected chi connectivity index (χ2v) is 5.89. The Morgan fingerprint density at radius 1 is 1.32 bits per heavy atom. The topological polar surface area (TPSA) is 95.5 Å². The monoisotopic (exact) mass is 286 g/mol. The minimum Gasteiger partial charge on any atom is -0.392 e. The smallest absolute Gasteiger partial charge is 0.240 e. The summed E-state index contributed by atoms with van der Waals surface area (Å²) in [5.41, 5.74) is 0.528. The molecule has 1 atom stereocenters. The highest BCUT2D eigenvalue weighted by atomic mass is 32.2. The van der Waals surface area contributed by atoms with Crippen molar-refractivity contribution in [1.82, 2.24) is 4.72 Å². The van der Waals surface area contributed by atoms with Crippen LogP contribution in [0, 0.1) is 0 Å². The minimum absolute atomic E-state index is 0.0215. The summed E-state index contributed by atoms with van der Waals surface area (Å²) >= 11 is 0. The standard InChI is InChI=1S/C12H18N2O4S/c1-3-11(16)8-13-19(17,18)12-6-4-10(5-7-12)14-9(2)15/h4-7,11,13,16H,3,8H2,1-2H3,(H,14,15). The zero-order valence-electron chi connectivity index (χ0n) is 10.9. The number of hydrogen-bond donors (Lipinski definition) is 3. The summed E-state index contributed by atoms with van der Waals surface area (Å²) in [4.78, 5) is 10.9. The predicted octanol–water partition coefficient (Wildman–Crippen LogP) is 0.694. The molecule has 7 heteroatoms. The molecule has 1 amide bonds. The zero-order chi connectivity index (χ0) is 14.5. The number of aliphatic hydroxyl groups excluding tert-OH is 1. The molecule has 106 valence electrons. The molecule has 0 fully saturated rings. The zero-order valence-corrected chi connectivity index (χ0v) is 11.7. The quantitative estimate of drug-likeness (QED) is 0.717. The molecule has 6 nitrogen and oxygen atoms in total. The van der Waals surface area contributed by atoms with Crippen LogP contribution in [0.3, 0.4) is 0 Å². The third-order valence-corrected chi connectivity index (χ3v) is 3.90. The third kappa shape index (κ3) is 4.98. The fraction of sp³-hybridized carbons (Fsp3) is 0.417. The van der Waals surface area contributed by atoms with E-state index in [4.69, 9.17) is 0 Å². The molecule has 1 aromatic rings. The summed E-state index contributed by atoms with van der Waals surface area (Å²) in [5, 5.41) is 11.9. The fourth-order valence-electron chi connectivity index (χ4n) is 1.35. The highest BCUT2D eigenvalue weighted by Gasteiger charge is 2.15. The van der Waals surface area contributed by atoms with Crippen LogP contribution in [-0.4, -0.2) is 32.1 Å². The van der Waals surface area contributed by atoms with Crippen molar-refractivity contribution in [3.63, 3.8) is 0 Å². The van der Waals surface area contributed by atoms with E-state index in [-0.39, 0.29) is 17.3 Å². The van der Waals surface area contributed by atoms with Crippen LogP contribution in [0.4, 0.5) is 5.69 Å². The first kappa shape index (κ1) is 15.6. The molecule has 0 aliphatic carbocycles. The van der Waals surface area contributed by atoms with Crippen molar-refractivity contribution in [3.8, 4) is 0 Å². The summed E-state index contributed by atoms with van der Waals surface area (Å²) in [7, 11) is -3.63. The van der Waals surface area contributed by atoms with E-state index in [0.29, 0.717) is 12.1 Å². The maximum atomic E-state index is 11.9. The Morgan fingerprint density at radius 2 is 1.89 bits per heavy atom. The first-order chi connectivity index (χ1) is 8.85.